The molecule has 148 valence electrons. The molecule has 0 amide bonds. The molecule has 0 spiro atoms. The Kier molecular flexibility index (Phi) is 6.98. The van der Waals surface area contributed by atoms with Crippen molar-refractivity contribution in [3.05, 3.63) is 42.5 Å². The number of ether oxygens (including phenoxy) is 1. The second-order valence-electron chi connectivity index (χ2n) is 8.53. The van der Waals surface area contributed by atoms with E-state index in [9.17, 15) is 9.90 Å². The minimum atomic E-state index is -0.640. The van der Waals surface area contributed by atoms with Gasteiger partial charge in [0.25, 0.3) is 0 Å². The lowest BCUT2D eigenvalue weighted by molar-refractivity contribution is -0.144. The summed E-state index contributed by atoms with van der Waals surface area (Å²) in [4.78, 5) is 11.5. The van der Waals surface area contributed by atoms with Crippen LogP contribution in [0.15, 0.2) is 36.9 Å². The average molecular weight is 371 g/mol. The number of benzene rings is 1. The molecule has 3 heteroatoms. The van der Waals surface area contributed by atoms with Crippen LogP contribution < -0.4 is 4.74 Å². The van der Waals surface area contributed by atoms with Gasteiger partial charge in [0.2, 0.25) is 0 Å². The molecular formula is C24H34O3. The first-order valence-electron chi connectivity index (χ1n) is 10.6. The van der Waals surface area contributed by atoms with Crippen LogP contribution >= 0.6 is 0 Å². The topological polar surface area (TPSA) is 46.5 Å². The van der Waals surface area contributed by atoms with E-state index in [1.165, 1.54) is 44.1 Å². The van der Waals surface area contributed by atoms with Crippen molar-refractivity contribution in [2.75, 3.05) is 7.11 Å². The molecule has 0 aliphatic heterocycles. The molecule has 0 bridgehead atoms. The van der Waals surface area contributed by atoms with Crippen molar-refractivity contribution in [1.29, 1.82) is 0 Å². The summed E-state index contributed by atoms with van der Waals surface area (Å²) in [7, 11) is 1.71. The van der Waals surface area contributed by atoms with Crippen molar-refractivity contribution in [2.24, 2.45) is 23.7 Å². The normalized spacial score (nSPS) is 29.7. The van der Waals surface area contributed by atoms with Crippen LogP contribution in [0.1, 0.15) is 69.3 Å². The highest BCUT2D eigenvalue weighted by molar-refractivity contribution is 5.70. The first-order chi connectivity index (χ1) is 13.1. The van der Waals surface area contributed by atoms with E-state index in [1.807, 2.05) is 0 Å². The smallest absolute Gasteiger partial charge is 0.307 e. The second-order valence-corrected chi connectivity index (χ2v) is 8.53. The first-order valence-corrected chi connectivity index (χ1v) is 10.6. The lowest BCUT2D eigenvalue weighted by Crippen LogP contribution is -2.30. The Balaban J connectivity index is 1.47. The van der Waals surface area contributed by atoms with Gasteiger partial charge in [-0.1, -0.05) is 18.2 Å². The summed E-state index contributed by atoms with van der Waals surface area (Å²) >= 11 is 0. The highest BCUT2D eigenvalue weighted by atomic mass is 16.5. The Morgan fingerprint density at radius 2 is 1.63 bits per heavy atom. The maximum absolute atomic E-state index is 11.5. The van der Waals surface area contributed by atoms with E-state index in [0.29, 0.717) is 18.3 Å². The van der Waals surface area contributed by atoms with E-state index >= 15 is 0 Å². The first kappa shape index (κ1) is 20.0. The van der Waals surface area contributed by atoms with Crippen molar-refractivity contribution >= 4 is 5.97 Å². The Hall–Kier alpha value is -1.77. The molecule has 1 aromatic rings. The molecule has 0 radical (unpaired) electrons. The van der Waals surface area contributed by atoms with Gasteiger partial charge in [0.15, 0.2) is 0 Å². The van der Waals surface area contributed by atoms with Crippen LogP contribution in [0.3, 0.4) is 0 Å². The van der Waals surface area contributed by atoms with Gasteiger partial charge in [-0.15, -0.1) is 6.58 Å². The zero-order valence-corrected chi connectivity index (χ0v) is 16.6. The van der Waals surface area contributed by atoms with E-state index in [1.54, 1.807) is 13.2 Å². The third-order valence-corrected chi connectivity index (χ3v) is 7.15. The van der Waals surface area contributed by atoms with E-state index in [2.05, 4.69) is 30.8 Å². The van der Waals surface area contributed by atoms with Gasteiger partial charge in [-0.05, 0) is 99.2 Å². The zero-order valence-electron chi connectivity index (χ0n) is 16.6. The van der Waals surface area contributed by atoms with Crippen molar-refractivity contribution in [3.8, 4) is 5.75 Å². The van der Waals surface area contributed by atoms with Gasteiger partial charge >= 0.3 is 5.97 Å². The highest BCUT2D eigenvalue weighted by Gasteiger charge is 2.35. The molecule has 2 saturated carbocycles. The SMILES string of the molecule is C=CCC(C(=O)O)[C@H]1CC[C@H]([C@H]2CC[C@H](c3ccc(OC)cc3)CC2)CC1. The average Bonchev–Trinajstić information content (AvgIpc) is 2.72. The third kappa shape index (κ3) is 4.94. The lowest BCUT2D eigenvalue weighted by Gasteiger charge is -2.39. The van der Waals surface area contributed by atoms with E-state index in [0.717, 1.165) is 30.4 Å². The van der Waals surface area contributed by atoms with Crippen LogP contribution in [-0.4, -0.2) is 18.2 Å². The Bertz CT molecular complexity index is 605. The summed E-state index contributed by atoms with van der Waals surface area (Å²) in [5.41, 5.74) is 1.45. The van der Waals surface area contributed by atoms with Crippen LogP contribution in [0.5, 0.6) is 5.75 Å². The molecule has 3 rings (SSSR count). The lowest BCUT2D eigenvalue weighted by atomic mass is 9.66. The number of hydrogen-bond acceptors (Lipinski definition) is 2. The molecule has 3 nitrogen and oxygen atoms in total. The standard InChI is InChI=1S/C24H34O3/c1-3-4-23(24(25)26)21-11-9-19(10-12-21)17-5-7-18(8-6-17)20-13-15-22(27-2)16-14-20/h3,13-19,21,23H,1,4-12H2,2H3,(H,25,26)/t17-,18-,19-,21-,23?. The van der Waals surface area contributed by atoms with Gasteiger partial charge < -0.3 is 9.84 Å². The number of rotatable bonds is 7. The molecule has 0 heterocycles. The second kappa shape index (κ2) is 9.43. The summed E-state index contributed by atoms with van der Waals surface area (Å²) in [5, 5.41) is 9.49. The number of carboxylic acids is 1. The number of hydrogen-bond donors (Lipinski definition) is 1. The zero-order chi connectivity index (χ0) is 19.2. The Labute approximate surface area is 163 Å². The summed E-state index contributed by atoms with van der Waals surface area (Å²) in [5.74, 6) is 2.73. The highest BCUT2D eigenvalue weighted by Crippen LogP contribution is 2.45. The molecule has 0 aromatic heterocycles. The van der Waals surface area contributed by atoms with Gasteiger partial charge in [-0.3, -0.25) is 4.79 Å². The number of aliphatic carboxylic acids is 1. The number of carboxylic acid groups (broad SMARTS) is 1. The predicted molar refractivity (Wildman–Crippen MR) is 109 cm³/mol. The molecule has 1 unspecified atom stereocenters. The largest absolute Gasteiger partial charge is 0.497 e. The predicted octanol–water partition coefficient (Wildman–Crippen LogP) is 6.05. The molecule has 27 heavy (non-hydrogen) atoms. The number of carbonyl (C=O) groups is 1. The van der Waals surface area contributed by atoms with Crippen LogP contribution in [0.25, 0.3) is 0 Å². The summed E-state index contributed by atoms with van der Waals surface area (Å²) in [6, 6.07) is 8.59. The molecule has 0 saturated heterocycles. The fraction of sp³-hybridized carbons (Fsp3) is 0.625. The van der Waals surface area contributed by atoms with E-state index < -0.39 is 5.97 Å². The van der Waals surface area contributed by atoms with Crippen molar-refractivity contribution in [2.45, 2.75) is 63.7 Å². The van der Waals surface area contributed by atoms with Gasteiger partial charge in [-0.25, -0.2) is 0 Å². The van der Waals surface area contributed by atoms with Crippen LogP contribution in [0, 0.1) is 23.7 Å². The van der Waals surface area contributed by atoms with Gasteiger partial charge in [0.05, 0.1) is 13.0 Å². The fourth-order valence-electron chi connectivity index (χ4n) is 5.49. The van der Waals surface area contributed by atoms with Gasteiger partial charge in [0, 0.05) is 0 Å². The molecule has 2 fully saturated rings. The van der Waals surface area contributed by atoms with Crippen molar-refractivity contribution in [1.82, 2.24) is 0 Å². The number of methoxy groups -OCH3 is 1. The molecule has 1 aromatic carbocycles. The summed E-state index contributed by atoms with van der Waals surface area (Å²) in [6.07, 6.45) is 12.2. The molecule has 2 aliphatic carbocycles. The van der Waals surface area contributed by atoms with Crippen molar-refractivity contribution in [3.63, 3.8) is 0 Å². The Morgan fingerprint density at radius 3 is 2.11 bits per heavy atom. The van der Waals surface area contributed by atoms with Gasteiger partial charge in [-0.2, -0.15) is 0 Å². The van der Waals surface area contributed by atoms with E-state index in [-0.39, 0.29) is 5.92 Å². The third-order valence-electron chi connectivity index (χ3n) is 7.15. The van der Waals surface area contributed by atoms with Crippen LogP contribution in [-0.2, 0) is 4.79 Å². The van der Waals surface area contributed by atoms with Crippen molar-refractivity contribution < 1.29 is 14.6 Å². The molecule has 1 N–H and O–H groups in total. The fourth-order valence-corrected chi connectivity index (χ4v) is 5.49. The molecule has 2 aliphatic rings. The minimum absolute atomic E-state index is 0.228. The summed E-state index contributed by atoms with van der Waals surface area (Å²) < 4.78 is 5.27. The van der Waals surface area contributed by atoms with Crippen LogP contribution in [0.4, 0.5) is 0 Å². The van der Waals surface area contributed by atoms with Crippen LogP contribution in [0.2, 0.25) is 0 Å². The van der Waals surface area contributed by atoms with E-state index in [4.69, 9.17) is 4.74 Å². The summed E-state index contributed by atoms with van der Waals surface area (Å²) in [6.45, 7) is 3.74. The Morgan fingerprint density at radius 1 is 1.07 bits per heavy atom. The molecule has 1 atom stereocenters. The quantitative estimate of drug-likeness (QED) is 0.594. The maximum atomic E-state index is 11.5. The monoisotopic (exact) mass is 370 g/mol. The minimum Gasteiger partial charge on any atom is -0.497 e. The molecular weight excluding hydrogens is 336 g/mol. The maximum Gasteiger partial charge on any atom is 0.307 e. The van der Waals surface area contributed by atoms with Gasteiger partial charge in [0.1, 0.15) is 5.75 Å². The number of allylic oxidation sites excluding steroid dienone is 1.